The van der Waals surface area contributed by atoms with Crippen LogP contribution in [0.3, 0.4) is 0 Å². The van der Waals surface area contributed by atoms with Gasteiger partial charge in [0.25, 0.3) is 5.91 Å². The van der Waals surface area contributed by atoms with Crippen molar-refractivity contribution in [3.63, 3.8) is 0 Å². The molecule has 1 fully saturated rings. The molecule has 0 bridgehead atoms. The van der Waals surface area contributed by atoms with E-state index in [1.807, 2.05) is 36.4 Å². The zero-order valence-electron chi connectivity index (χ0n) is 16.9. The van der Waals surface area contributed by atoms with E-state index in [1.54, 1.807) is 0 Å². The largest absolute Gasteiger partial charge is 0.417 e. The smallest absolute Gasteiger partial charge is 0.336 e. The Labute approximate surface area is 179 Å². The number of benzene rings is 3. The lowest BCUT2D eigenvalue weighted by Crippen LogP contribution is -2.50. The van der Waals surface area contributed by atoms with Gasteiger partial charge in [-0.25, -0.2) is 0 Å². The number of hydrogen-bond donors (Lipinski definition) is 0. The molecule has 0 N–H and O–H groups in total. The van der Waals surface area contributed by atoms with Gasteiger partial charge in [-0.2, -0.15) is 13.2 Å². The Morgan fingerprint density at radius 2 is 1.19 bits per heavy atom. The summed E-state index contributed by atoms with van der Waals surface area (Å²) in [6, 6.07) is 25.3. The maximum atomic E-state index is 13.3. The molecule has 0 aromatic heterocycles. The topological polar surface area (TPSA) is 23.6 Å². The van der Waals surface area contributed by atoms with E-state index in [2.05, 4.69) is 29.2 Å². The molecule has 1 saturated heterocycles. The van der Waals surface area contributed by atoms with Gasteiger partial charge in [-0.1, -0.05) is 72.8 Å². The van der Waals surface area contributed by atoms with Crippen molar-refractivity contribution in [1.29, 1.82) is 0 Å². The van der Waals surface area contributed by atoms with Crippen LogP contribution in [0.15, 0.2) is 84.9 Å². The van der Waals surface area contributed by atoms with Crippen molar-refractivity contribution in [2.75, 3.05) is 26.2 Å². The number of carbonyl (C=O) groups excluding carboxylic acids is 1. The summed E-state index contributed by atoms with van der Waals surface area (Å²) in [5.74, 6) is -0.566. The van der Waals surface area contributed by atoms with Gasteiger partial charge >= 0.3 is 6.18 Å². The fourth-order valence-electron chi connectivity index (χ4n) is 4.16. The quantitative estimate of drug-likeness (QED) is 0.571. The van der Waals surface area contributed by atoms with Crippen LogP contribution >= 0.6 is 0 Å². The number of alkyl halides is 3. The number of halogens is 3. The number of amides is 1. The van der Waals surface area contributed by atoms with Gasteiger partial charge in [-0.3, -0.25) is 9.69 Å². The monoisotopic (exact) mass is 424 g/mol. The van der Waals surface area contributed by atoms with Crippen molar-refractivity contribution in [2.45, 2.75) is 12.2 Å². The van der Waals surface area contributed by atoms with Gasteiger partial charge in [-0.15, -0.1) is 0 Å². The molecule has 31 heavy (non-hydrogen) atoms. The summed E-state index contributed by atoms with van der Waals surface area (Å²) < 4.78 is 40.0. The number of carbonyl (C=O) groups is 1. The van der Waals surface area contributed by atoms with Crippen LogP contribution in [0.25, 0.3) is 0 Å². The molecular weight excluding hydrogens is 401 g/mol. The van der Waals surface area contributed by atoms with Crippen molar-refractivity contribution in [2.24, 2.45) is 0 Å². The first-order valence-corrected chi connectivity index (χ1v) is 10.2. The van der Waals surface area contributed by atoms with Crippen LogP contribution in [0.5, 0.6) is 0 Å². The van der Waals surface area contributed by atoms with Crippen LogP contribution in [0.2, 0.25) is 0 Å². The minimum atomic E-state index is -4.56. The number of hydrogen-bond acceptors (Lipinski definition) is 2. The van der Waals surface area contributed by atoms with Gasteiger partial charge in [0, 0.05) is 26.2 Å². The molecular formula is C25H23F3N2O. The normalized spacial score (nSPS) is 15.3. The van der Waals surface area contributed by atoms with Crippen molar-refractivity contribution < 1.29 is 18.0 Å². The predicted octanol–water partition coefficient (Wildman–Crippen LogP) is 5.25. The van der Waals surface area contributed by atoms with E-state index in [4.69, 9.17) is 0 Å². The van der Waals surface area contributed by atoms with Crippen LogP contribution in [0, 0.1) is 0 Å². The Balaban J connectivity index is 1.53. The SMILES string of the molecule is O=C(c1ccccc1C(F)(F)F)N1CCN(C(c2ccccc2)c2ccccc2)CC1. The molecule has 0 radical (unpaired) electrons. The van der Waals surface area contributed by atoms with Gasteiger partial charge in [0.05, 0.1) is 17.2 Å². The van der Waals surface area contributed by atoms with Crippen LogP contribution in [-0.4, -0.2) is 41.9 Å². The third-order valence-electron chi connectivity index (χ3n) is 5.66. The lowest BCUT2D eigenvalue weighted by molar-refractivity contribution is -0.138. The van der Waals surface area contributed by atoms with Gasteiger partial charge in [0.15, 0.2) is 0 Å². The second-order valence-electron chi connectivity index (χ2n) is 7.60. The van der Waals surface area contributed by atoms with E-state index in [0.717, 1.165) is 17.2 Å². The maximum Gasteiger partial charge on any atom is 0.417 e. The van der Waals surface area contributed by atoms with Crippen molar-refractivity contribution in [3.8, 4) is 0 Å². The lowest BCUT2D eigenvalue weighted by atomic mass is 9.96. The minimum Gasteiger partial charge on any atom is -0.336 e. The van der Waals surface area contributed by atoms with Crippen LogP contribution in [-0.2, 0) is 6.18 Å². The van der Waals surface area contributed by atoms with E-state index in [-0.39, 0.29) is 11.6 Å². The molecule has 0 atom stereocenters. The average Bonchev–Trinajstić information content (AvgIpc) is 2.80. The zero-order valence-corrected chi connectivity index (χ0v) is 16.9. The molecule has 0 saturated carbocycles. The third-order valence-corrected chi connectivity index (χ3v) is 5.66. The summed E-state index contributed by atoms with van der Waals surface area (Å²) in [7, 11) is 0. The summed E-state index contributed by atoms with van der Waals surface area (Å²) in [5.41, 5.74) is 1.13. The molecule has 1 heterocycles. The van der Waals surface area contributed by atoms with Crippen molar-refractivity contribution >= 4 is 5.91 Å². The predicted molar refractivity (Wildman–Crippen MR) is 114 cm³/mol. The molecule has 4 rings (SSSR count). The molecule has 1 aliphatic heterocycles. The van der Waals surface area contributed by atoms with Crippen molar-refractivity contribution in [1.82, 2.24) is 9.80 Å². The van der Waals surface area contributed by atoms with Gasteiger partial charge in [-0.05, 0) is 23.3 Å². The van der Waals surface area contributed by atoms with E-state index in [9.17, 15) is 18.0 Å². The first-order chi connectivity index (χ1) is 14.9. The molecule has 3 aromatic rings. The Bertz CT molecular complexity index is 974. The Hall–Kier alpha value is -3.12. The summed E-state index contributed by atoms with van der Waals surface area (Å²) in [5, 5.41) is 0. The highest BCUT2D eigenvalue weighted by Gasteiger charge is 2.37. The van der Waals surface area contributed by atoms with E-state index in [0.29, 0.717) is 26.2 Å². The van der Waals surface area contributed by atoms with E-state index < -0.39 is 17.6 Å². The molecule has 1 amide bonds. The first kappa shape index (κ1) is 21.1. The van der Waals surface area contributed by atoms with Gasteiger partial charge < -0.3 is 4.90 Å². The Morgan fingerprint density at radius 1 is 0.710 bits per heavy atom. The average molecular weight is 424 g/mol. The summed E-state index contributed by atoms with van der Waals surface area (Å²) in [4.78, 5) is 16.7. The summed E-state index contributed by atoms with van der Waals surface area (Å²) in [6.07, 6.45) is -4.56. The molecule has 1 aliphatic rings. The fraction of sp³-hybridized carbons (Fsp3) is 0.240. The van der Waals surface area contributed by atoms with Gasteiger partial charge in [0.1, 0.15) is 0 Å². The van der Waals surface area contributed by atoms with Gasteiger partial charge in [0.2, 0.25) is 0 Å². The summed E-state index contributed by atoms with van der Waals surface area (Å²) in [6.45, 7) is 1.91. The van der Waals surface area contributed by atoms with E-state index in [1.165, 1.54) is 23.1 Å². The molecule has 160 valence electrons. The highest BCUT2D eigenvalue weighted by molar-refractivity contribution is 5.96. The lowest BCUT2D eigenvalue weighted by Gasteiger charge is -2.40. The third kappa shape index (κ3) is 4.64. The molecule has 0 unspecified atom stereocenters. The standard InChI is InChI=1S/C25H23F3N2O/c26-25(27,28)22-14-8-7-13-21(22)24(31)30-17-15-29(16-18-30)23(19-9-3-1-4-10-19)20-11-5-2-6-12-20/h1-14,23H,15-18H2. The van der Waals surface area contributed by atoms with Crippen molar-refractivity contribution in [3.05, 3.63) is 107 Å². The Morgan fingerprint density at radius 3 is 1.71 bits per heavy atom. The summed E-state index contributed by atoms with van der Waals surface area (Å²) >= 11 is 0. The van der Waals surface area contributed by atoms with Crippen LogP contribution in [0.4, 0.5) is 13.2 Å². The molecule has 0 aliphatic carbocycles. The molecule has 6 heteroatoms. The number of nitrogens with zero attached hydrogens (tertiary/aromatic N) is 2. The van der Waals surface area contributed by atoms with Crippen LogP contribution in [0.1, 0.15) is 33.1 Å². The second-order valence-corrected chi connectivity index (χ2v) is 7.60. The second kappa shape index (κ2) is 8.94. The van der Waals surface area contributed by atoms with Crippen LogP contribution < -0.4 is 0 Å². The highest BCUT2D eigenvalue weighted by Crippen LogP contribution is 2.33. The maximum absolute atomic E-state index is 13.3. The Kier molecular flexibility index (Phi) is 6.09. The first-order valence-electron chi connectivity index (χ1n) is 10.2. The minimum absolute atomic E-state index is 0.0297. The highest BCUT2D eigenvalue weighted by atomic mass is 19.4. The molecule has 3 aromatic carbocycles. The molecule has 0 spiro atoms. The zero-order chi connectivity index (χ0) is 21.8. The number of rotatable bonds is 4. The molecule has 3 nitrogen and oxygen atoms in total. The fourth-order valence-corrected chi connectivity index (χ4v) is 4.16. The van der Waals surface area contributed by atoms with E-state index >= 15 is 0 Å². The number of piperazine rings is 1.